The second-order valence-corrected chi connectivity index (χ2v) is 12.8. The Morgan fingerprint density at radius 3 is 2.10 bits per heavy atom. The molecule has 6 nitrogen and oxygen atoms in total. The van der Waals surface area contributed by atoms with Gasteiger partial charge in [-0.25, -0.2) is 12.7 Å². The lowest BCUT2D eigenvalue weighted by Crippen LogP contribution is -2.54. The minimum Gasteiger partial charge on any atom is -0.314 e. The first-order valence-corrected chi connectivity index (χ1v) is 15.0. The first-order chi connectivity index (χ1) is 19.2. The van der Waals surface area contributed by atoms with Crippen LogP contribution in [0.4, 0.5) is 5.69 Å². The maximum absolute atomic E-state index is 14.8. The number of hydrogen-bond donors (Lipinski definition) is 0. The number of nitrogens with zero attached hydrogens (tertiary/aromatic N) is 2. The molecule has 0 saturated carbocycles. The van der Waals surface area contributed by atoms with Crippen molar-refractivity contribution < 1.29 is 18.0 Å². The molecule has 6 rings (SSSR count). The Morgan fingerprint density at radius 2 is 1.45 bits per heavy atom. The van der Waals surface area contributed by atoms with Gasteiger partial charge in [0.05, 0.1) is 16.5 Å². The molecule has 0 fully saturated rings. The largest absolute Gasteiger partial charge is 0.314 e. The number of carbonyl (C=O) groups is 2. The van der Waals surface area contributed by atoms with Crippen LogP contribution in [0.3, 0.4) is 0 Å². The van der Waals surface area contributed by atoms with Crippen molar-refractivity contribution in [2.45, 2.75) is 23.2 Å². The number of halogens is 1. The molecule has 0 aliphatic carbocycles. The lowest BCUT2D eigenvalue weighted by atomic mass is 9.65. The summed E-state index contributed by atoms with van der Waals surface area (Å²) in [6.45, 7) is 1.87. The average molecular weight is 614 g/mol. The van der Waals surface area contributed by atoms with Crippen molar-refractivity contribution in [2.75, 3.05) is 11.9 Å². The molecule has 8 heteroatoms. The van der Waals surface area contributed by atoms with E-state index in [1.165, 1.54) is 12.1 Å². The molecule has 0 radical (unpaired) electrons. The van der Waals surface area contributed by atoms with Gasteiger partial charge in [-0.15, -0.1) is 0 Å². The molecule has 0 saturated heterocycles. The van der Waals surface area contributed by atoms with Crippen LogP contribution in [-0.4, -0.2) is 31.6 Å². The van der Waals surface area contributed by atoms with E-state index in [0.29, 0.717) is 22.4 Å². The van der Waals surface area contributed by atoms with Gasteiger partial charge in [0.1, 0.15) is 5.41 Å². The summed E-state index contributed by atoms with van der Waals surface area (Å²) >= 11 is 3.54. The summed E-state index contributed by atoms with van der Waals surface area (Å²) in [5, 5.41) is 0. The predicted molar refractivity (Wildman–Crippen MR) is 158 cm³/mol. The maximum Gasteiger partial charge on any atom is 0.270 e. The minimum absolute atomic E-state index is 0.00551. The Kier molecular flexibility index (Phi) is 6.27. The molecule has 4 aromatic carbocycles. The Morgan fingerprint density at radius 1 is 0.825 bits per heavy atom. The molecule has 40 heavy (non-hydrogen) atoms. The van der Waals surface area contributed by atoms with Gasteiger partial charge in [0.2, 0.25) is 11.8 Å². The second-order valence-electron chi connectivity index (χ2n) is 10.1. The average Bonchev–Trinajstić information content (AvgIpc) is 3.15. The summed E-state index contributed by atoms with van der Waals surface area (Å²) in [6.07, 6.45) is 1.68. The fourth-order valence-corrected chi connectivity index (χ4v) is 7.58. The third kappa shape index (κ3) is 3.85. The first kappa shape index (κ1) is 26.2. The highest BCUT2D eigenvalue weighted by molar-refractivity contribution is 9.10. The van der Waals surface area contributed by atoms with Gasteiger partial charge in [0.25, 0.3) is 10.0 Å². The lowest BCUT2D eigenvalue weighted by Gasteiger charge is -2.42. The number of anilines is 1. The van der Waals surface area contributed by atoms with E-state index in [1.54, 1.807) is 78.7 Å². The van der Waals surface area contributed by atoms with Crippen LogP contribution in [0.15, 0.2) is 119 Å². The molecule has 0 N–H and O–H groups in total. The summed E-state index contributed by atoms with van der Waals surface area (Å²) < 4.78 is 30.2. The van der Waals surface area contributed by atoms with Crippen LogP contribution in [0, 0.1) is 6.92 Å². The van der Waals surface area contributed by atoms with Crippen LogP contribution >= 0.6 is 15.9 Å². The van der Waals surface area contributed by atoms with Crippen molar-refractivity contribution in [3.63, 3.8) is 0 Å². The van der Waals surface area contributed by atoms with Crippen LogP contribution in [0.1, 0.15) is 28.2 Å². The van der Waals surface area contributed by atoms with Crippen molar-refractivity contribution in [3.8, 4) is 0 Å². The number of aryl methyl sites for hydroxylation is 1. The molecule has 2 heterocycles. The Balaban J connectivity index is 1.72. The van der Waals surface area contributed by atoms with E-state index in [1.807, 2.05) is 37.3 Å². The van der Waals surface area contributed by atoms with Gasteiger partial charge < -0.3 is 4.90 Å². The molecule has 4 aromatic rings. The Bertz CT molecular complexity index is 1790. The standard InChI is InChI=1S/C32H25BrN2O4S/c1-21-13-16-25(17-14-21)40(38,39)35-28(22-9-5-3-6-10-22)20-32(29(30(35)36)23-11-7-4-8-12-23)26-19-24(33)15-18-27(26)34(2)31(32)37/h3-20,29H,1-2H3. The summed E-state index contributed by atoms with van der Waals surface area (Å²) in [5.41, 5.74) is 1.93. The first-order valence-electron chi connectivity index (χ1n) is 12.7. The molecule has 0 bridgehead atoms. The highest BCUT2D eigenvalue weighted by Gasteiger charge is 2.61. The number of rotatable bonds is 4. The Hall–Kier alpha value is -4.01. The minimum atomic E-state index is -4.35. The van der Waals surface area contributed by atoms with Crippen LogP contribution < -0.4 is 4.90 Å². The van der Waals surface area contributed by atoms with Gasteiger partial charge >= 0.3 is 0 Å². The molecule has 0 aromatic heterocycles. The third-order valence-electron chi connectivity index (χ3n) is 7.67. The summed E-state index contributed by atoms with van der Waals surface area (Å²) in [7, 11) is -2.67. The van der Waals surface area contributed by atoms with E-state index >= 15 is 0 Å². The van der Waals surface area contributed by atoms with E-state index in [9.17, 15) is 18.0 Å². The van der Waals surface area contributed by atoms with E-state index in [4.69, 9.17) is 0 Å². The number of likely N-dealkylation sites (N-methyl/N-ethyl adjacent to an activating group) is 1. The Labute approximate surface area is 241 Å². The van der Waals surface area contributed by atoms with Crippen molar-refractivity contribution in [1.29, 1.82) is 0 Å². The van der Waals surface area contributed by atoms with Gasteiger partial charge in [-0.1, -0.05) is 94.3 Å². The zero-order valence-corrected chi connectivity index (χ0v) is 24.2. The number of amides is 2. The van der Waals surface area contributed by atoms with Crippen molar-refractivity contribution >= 4 is 49.2 Å². The van der Waals surface area contributed by atoms with Crippen LogP contribution in [0.5, 0.6) is 0 Å². The van der Waals surface area contributed by atoms with Crippen molar-refractivity contribution in [1.82, 2.24) is 4.31 Å². The van der Waals surface area contributed by atoms with Crippen LogP contribution in [0.25, 0.3) is 5.70 Å². The van der Waals surface area contributed by atoms with E-state index in [2.05, 4.69) is 15.9 Å². The molecule has 200 valence electrons. The zero-order valence-electron chi connectivity index (χ0n) is 21.8. The maximum atomic E-state index is 14.8. The van der Waals surface area contributed by atoms with Gasteiger partial charge in [-0.2, -0.15) is 0 Å². The summed E-state index contributed by atoms with van der Waals surface area (Å²) in [6, 6.07) is 29.8. The van der Waals surface area contributed by atoms with E-state index in [0.717, 1.165) is 14.3 Å². The number of hydrogen-bond acceptors (Lipinski definition) is 4. The van der Waals surface area contributed by atoms with Gasteiger partial charge in [-0.3, -0.25) is 9.59 Å². The smallest absolute Gasteiger partial charge is 0.270 e. The third-order valence-corrected chi connectivity index (χ3v) is 9.89. The molecular formula is C32H25BrN2O4S. The van der Waals surface area contributed by atoms with Crippen molar-refractivity contribution in [2.24, 2.45) is 0 Å². The summed E-state index contributed by atoms with van der Waals surface area (Å²) in [4.78, 5) is 30.7. The van der Waals surface area contributed by atoms with E-state index in [-0.39, 0.29) is 16.5 Å². The molecule has 1 spiro atoms. The SMILES string of the molecule is Cc1ccc(S(=O)(=O)N2C(=O)C(c3ccccc3)C3(C=C2c2ccccc2)C(=O)N(C)c2ccc(Br)cc23)cc1. The number of benzene rings is 4. The number of carbonyl (C=O) groups excluding carboxylic acids is 2. The molecule has 2 atom stereocenters. The topological polar surface area (TPSA) is 74.8 Å². The normalized spacial score (nSPS) is 20.6. The van der Waals surface area contributed by atoms with Gasteiger partial charge in [-0.05, 0) is 60.0 Å². The molecule has 2 aliphatic rings. The fraction of sp³-hybridized carbons (Fsp3) is 0.125. The molecular weight excluding hydrogens is 588 g/mol. The quantitative estimate of drug-likeness (QED) is 0.282. The lowest BCUT2D eigenvalue weighted by molar-refractivity contribution is -0.133. The van der Waals surface area contributed by atoms with Crippen LogP contribution in [-0.2, 0) is 25.0 Å². The van der Waals surface area contributed by atoms with Gasteiger partial charge in [0.15, 0.2) is 0 Å². The second kappa shape index (κ2) is 9.57. The fourth-order valence-electron chi connectivity index (χ4n) is 5.77. The highest BCUT2D eigenvalue weighted by Crippen LogP contribution is 2.56. The van der Waals surface area contributed by atoms with Gasteiger partial charge in [0, 0.05) is 17.2 Å². The predicted octanol–water partition coefficient (Wildman–Crippen LogP) is 6.03. The molecule has 2 aliphatic heterocycles. The number of sulfonamides is 1. The zero-order chi connectivity index (χ0) is 28.2. The molecule has 2 amide bonds. The monoisotopic (exact) mass is 612 g/mol. The summed E-state index contributed by atoms with van der Waals surface area (Å²) in [5.74, 6) is -2.13. The van der Waals surface area contributed by atoms with E-state index < -0.39 is 27.3 Å². The van der Waals surface area contributed by atoms with Crippen molar-refractivity contribution in [3.05, 3.63) is 136 Å². The van der Waals surface area contributed by atoms with Crippen LogP contribution in [0.2, 0.25) is 0 Å². The number of fused-ring (bicyclic) bond motifs is 2. The molecule has 2 unspecified atom stereocenters. The highest BCUT2D eigenvalue weighted by atomic mass is 79.9.